The van der Waals surface area contributed by atoms with Crippen molar-refractivity contribution < 1.29 is 4.79 Å². The van der Waals surface area contributed by atoms with Gasteiger partial charge in [-0.2, -0.15) is 0 Å². The molecule has 5 nitrogen and oxygen atoms in total. The van der Waals surface area contributed by atoms with Crippen LogP contribution < -0.4 is 11.3 Å². The highest BCUT2D eigenvalue weighted by atomic mass is 32.1. The average Bonchev–Trinajstić information content (AvgIpc) is 3.05. The number of aromatic nitrogens is 2. The Bertz CT molecular complexity index is 1270. The monoisotopic (exact) mass is 403 g/mol. The number of nitrogens with two attached hydrogens (primary N) is 1. The predicted molar refractivity (Wildman–Crippen MR) is 118 cm³/mol. The van der Waals surface area contributed by atoms with Gasteiger partial charge in [0.05, 0.1) is 5.39 Å². The number of rotatable bonds is 4. The average molecular weight is 404 g/mol. The fourth-order valence-electron chi connectivity index (χ4n) is 3.52. The van der Waals surface area contributed by atoms with Crippen LogP contribution >= 0.6 is 11.3 Å². The fraction of sp³-hybridized carbons (Fsp3) is 0.174. The number of thiophene rings is 1. The Balaban J connectivity index is 2.10. The van der Waals surface area contributed by atoms with Gasteiger partial charge in [0.2, 0.25) is 5.91 Å². The lowest BCUT2D eigenvalue weighted by atomic mass is 10.0. The SMILES string of the molecule is Cc1ccc(-c2nc3sc(C)c(-c4ccccc4)c3c(=O)n2C(C)C(N)=O)cc1. The van der Waals surface area contributed by atoms with Crippen LogP contribution in [0.2, 0.25) is 0 Å². The van der Waals surface area contributed by atoms with E-state index < -0.39 is 11.9 Å². The maximum Gasteiger partial charge on any atom is 0.263 e. The predicted octanol–water partition coefficient (Wildman–Crippen LogP) is 4.46. The van der Waals surface area contributed by atoms with E-state index in [1.165, 1.54) is 15.9 Å². The number of aryl methyl sites for hydroxylation is 2. The molecule has 2 aromatic heterocycles. The summed E-state index contributed by atoms with van der Waals surface area (Å²) in [6.07, 6.45) is 0. The normalized spacial score (nSPS) is 12.2. The van der Waals surface area contributed by atoms with Gasteiger partial charge in [0.25, 0.3) is 5.56 Å². The van der Waals surface area contributed by atoms with E-state index in [0.29, 0.717) is 16.0 Å². The zero-order valence-electron chi connectivity index (χ0n) is 16.5. The van der Waals surface area contributed by atoms with Crippen LogP contribution in [0.25, 0.3) is 32.7 Å². The number of benzene rings is 2. The van der Waals surface area contributed by atoms with Crippen LogP contribution in [0, 0.1) is 13.8 Å². The molecule has 1 unspecified atom stereocenters. The molecule has 1 atom stereocenters. The van der Waals surface area contributed by atoms with E-state index in [9.17, 15) is 9.59 Å². The van der Waals surface area contributed by atoms with E-state index in [4.69, 9.17) is 10.7 Å². The highest BCUT2D eigenvalue weighted by molar-refractivity contribution is 7.19. The summed E-state index contributed by atoms with van der Waals surface area (Å²) in [5, 5.41) is 0.530. The fourth-order valence-corrected chi connectivity index (χ4v) is 4.55. The zero-order valence-corrected chi connectivity index (χ0v) is 17.3. The molecule has 0 spiro atoms. The van der Waals surface area contributed by atoms with Crippen LogP contribution in [-0.2, 0) is 4.79 Å². The number of carbonyl (C=O) groups excluding carboxylic acids is 1. The quantitative estimate of drug-likeness (QED) is 0.547. The minimum Gasteiger partial charge on any atom is -0.368 e. The summed E-state index contributed by atoms with van der Waals surface area (Å²) < 4.78 is 1.42. The van der Waals surface area contributed by atoms with E-state index in [1.807, 2.05) is 68.4 Å². The number of carbonyl (C=O) groups is 1. The Morgan fingerprint density at radius 2 is 1.69 bits per heavy atom. The second-order valence-corrected chi connectivity index (χ2v) is 8.34. The van der Waals surface area contributed by atoms with Crippen molar-refractivity contribution in [3.8, 4) is 22.5 Å². The second kappa shape index (κ2) is 7.29. The summed E-state index contributed by atoms with van der Waals surface area (Å²) in [6, 6.07) is 16.7. The van der Waals surface area contributed by atoms with Crippen molar-refractivity contribution in [1.29, 1.82) is 0 Å². The Kier molecular flexibility index (Phi) is 4.80. The van der Waals surface area contributed by atoms with E-state index in [2.05, 4.69) is 0 Å². The van der Waals surface area contributed by atoms with Crippen LogP contribution in [0.1, 0.15) is 23.4 Å². The lowest BCUT2D eigenvalue weighted by Gasteiger charge is -2.17. The Morgan fingerprint density at radius 1 is 1.03 bits per heavy atom. The molecule has 0 aliphatic rings. The maximum atomic E-state index is 13.7. The largest absolute Gasteiger partial charge is 0.368 e. The summed E-state index contributed by atoms with van der Waals surface area (Å²) in [4.78, 5) is 32.2. The van der Waals surface area contributed by atoms with Crippen LogP contribution in [-0.4, -0.2) is 15.5 Å². The van der Waals surface area contributed by atoms with Gasteiger partial charge in [0, 0.05) is 16.0 Å². The van der Waals surface area contributed by atoms with E-state index in [-0.39, 0.29) is 5.56 Å². The number of nitrogens with zero attached hydrogens (tertiary/aromatic N) is 2. The molecule has 0 fully saturated rings. The number of primary amides is 1. The van der Waals surface area contributed by atoms with Crippen LogP contribution in [0.3, 0.4) is 0 Å². The Morgan fingerprint density at radius 3 is 2.31 bits per heavy atom. The molecule has 4 aromatic rings. The van der Waals surface area contributed by atoms with Crippen molar-refractivity contribution in [1.82, 2.24) is 9.55 Å². The molecule has 29 heavy (non-hydrogen) atoms. The standard InChI is InChI=1S/C23H21N3O2S/c1-13-9-11-17(12-10-13)21-25-22-19(23(28)26(21)14(2)20(24)27)18(15(3)29-22)16-7-5-4-6-8-16/h4-12,14H,1-3H3,(H2,24,27). The van der Waals surface area contributed by atoms with Gasteiger partial charge >= 0.3 is 0 Å². The molecule has 2 heterocycles. The Hall–Kier alpha value is -3.25. The number of hydrogen-bond donors (Lipinski definition) is 1. The van der Waals surface area contributed by atoms with Crippen molar-refractivity contribution in [3.63, 3.8) is 0 Å². The zero-order chi connectivity index (χ0) is 20.7. The van der Waals surface area contributed by atoms with E-state index in [1.54, 1.807) is 6.92 Å². The molecule has 4 rings (SSSR count). The molecule has 0 aliphatic heterocycles. The first-order valence-corrected chi connectivity index (χ1v) is 10.2. The van der Waals surface area contributed by atoms with Gasteiger partial charge in [-0.15, -0.1) is 11.3 Å². The van der Waals surface area contributed by atoms with Gasteiger partial charge in [0.15, 0.2) is 0 Å². The molecular weight excluding hydrogens is 382 g/mol. The third kappa shape index (κ3) is 3.25. The van der Waals surface area contributed by atoms with Crippen LogP contribution in [0.15, 0.2) is 59.4 Å². The van der Waals surface area contributed by atoms with Gasteiger partial charge in [-0.1, -0.05) is 60.2 Å². The summed E-state index contributed by atoms with van der Waals surface area (Å²) in [6.45, 7) is 5.62. The third-order valence-corrected chi connectivity index (χ3v) is 6.10. The number of amides is 1. The lowest BCUT2D eigenvalue weighted by Crippen LogP contribution is -2.33. The first-order valence-electron chi connectivity index (χ1n) is 9.36. The minimum absolute atomic E-state index is 0.250. The first kappa shape index (κ1) is 19.1. The molecular formula is C23H21N3O2S. The van der Waals surface area contributed by atoms with Crippen molar-refractivity contribution >= 4 is 27.5 Å². The molecule has 1 amide bonds. The van der Waals surface area contributed by atoms with Gasteiger partial charge in [-0.05, 0) is 26.3 Å². The number of hydrogen-bond acceptors (Lipinski definition) is 4. The van der Waals surface area contributed by atoms with Gasteiger partial charge in [0.1, 0.15) is 16.7 Å². The minimum atomic E-state index is -0.820. The van der Waals surface area contributed by atoms with E-state index in [0.717, 1.165) is 27.1 Å². The lowest BCUT2D eigenvalue weighted by molar-refractivity contribution is -0.120. The van der Waals surface area contributed by atoms with Crippen molar-refractivity contribution in [2.75, 3.05) is 0 Å². The smallest absolute Gasteiger partial charge is 0.263 e. The highest BCUT2D eigenvalue weighted by Crippen LogP contribution is 2.37. The van der Waals surface area contributed by atoms with E-state index >= 15 is 0 Å². The van der Waals surface area contributed by atoms with Gasteiger partial charge < -0.3 is 5.73 Å². The summed E-state index contributed by atoms with van der Waals surface area (Å²) >= 11 is 1.49. The highest BCUT2D eigenvalue weighted by Gasteiger charge is 2.24. The molecule has 0 saturated carbocycles. The molecule has 2 N–H and O–H groups in total. The maximum absolute atomic E-state index is 13.7. The molecule has 0 aliphatic carbocycles. The summed E-state index contributed by atoms with van der Waals surface area (Å²) in [5.74, 6) is -0.121. The molecule has 6 heteroatoms. The third-order valence-electron chi connectivity index (χ3n) is 5.11. The Labute approximate surface area is 172 Å². The molecule has 2 aromatic carbocycles. The second-order valence-electron chi connectivity index (χ2n) is 7.13. The topological polar surface area (TPSA) is 78.0 Å². The van der Waals surface area contributed by atoms with Gasteiger partial charge in [-0.25, -0.2) is 4.98 Å². The van der Waals surface area contributed by atoms with Crippen LogP contribution in [0.4, 0.5) is 0 Å². The number of fused-ring (bicyclic) bond motifs is 1. The van der Waals surface area contributed by atoms with Crippen molar-refractivity contribution in [2.24, 2.45) is 5.73 Å². The first-order chi connectivity index (χ1) is 13.9. The van der Waals surface area contributed by atoms with Crippen molar-refractivity contribution in [3.05, 3.63) is 75.4 Å². The molecule has 0 saturated heterocycles. The summed E-state index contributed by atoms with van der Waals surface area (Å²) in [5.41, 5.74) is 9.03. The van der Waals surface area contributed by atoms with Gasteiger partial charge in [-0.3, -0.25) is 14.2 Å². The van der Waals surface area contributed by atoms with Crippen molar-refractivity contribution in [2.45, 2.75) is 26.8 Å². The summed E-state index contributed by atoms with van der Waals surface area (Å²) in [7, 11) is 0. The van der Waals surface area contributed by atoms with Crippen LogP contribution in [0.5, 0.6) is 0 Å². The molecule has 146 valence electrons. The molecule has 0 radical (unpaired) electrons. The molecule has 0 bridgehead atoms.